The maximum atomic E-state index is 8.91. The largest absolute Gasteiger partial charge is 0.390 e. The number of hydrogen-bond donors (Lipinski definition) is 1. The Morgan fingerprint density at radius 1 is 1.40 bits per heavy atom. The molecule has 0 aliphatic heterocycles. The number of hydrogen-bond acceptors (Lipinski definition) is 3. The second-order valence-corrected chi connectivity index (χ2v) is 3.06. The summed E-state index contributed by atoms with van der Waals surface area (Å²) in [6.45, 7) is -0.0955. The molecule has 1 aromatic heterocycles. The second-order valence-electron chi connectivity index (χ2n) is 3.06. The van der Waals surface area contributed by atoms with Gasteiger partial charge in [0.25, 0.3) is 0 Å². The normalized spacial score (nSPS) is 9.87. The quantitative estimate of drug-likeness (QED) is 0.791. The number of aliphatic hydroxyl groups excluding tert-OH is 1. The highest BCUT2D eigenvalue weighted by atomic mass is 16.3. The molecule has 2 aromatic rings. The summed E-state index contributed by atoms with van der Waals surface area (Å²) in [5, 5.41) is 17.8. The van der Waals surface area contributed by atoms with E-state index < -0.39 is 0 Å². The number of nitrogens with zero attached hydrogens (tertiary/aromatic N) is 3. The van der Waals surface area contributed by atoms with E-state index in [-0.39, 0.29) is 6.61 Å². The van der Waals surface area contributed by atoms with Crippen LogP contribution in [0.4, 0.5) is 0 Å². The first-order valence-corrected chi connectivity index (χ1v) is 4.48. The molecule has 0 unspecified atom stereocenters. The fraction of sp³-hybridized carbons (Fsp3) is 0.0909. The maximum Gasteiger partial charge on any atom is 0.101 e. The molecule has 1 heterocycles. The summed E-state index contributed by atoms with van der Waals surface area (Å²) in [7, 11) is 0. The van der Waals surface area contributed by atoms with Crippen molar-refractivity contribution in [2.24, 2.45) is 0 Å². The number of aliphatic hydroxyl groups is 1. The van der Waals surface area contributed by atoms with Crippen LogP contribution in [0.2, 0.25) is 0 Å². The number of benzene rings is 1. The van der Waals surface area contributed by atoms with Gasteiger partial charge in [-0.15, -0.1) is 0 Å². The molecular formula is C11H9N3O. The van der Waals surface area contributed by atoms with Gasteiger partial charge in [-0.3, -0.25) is 0 Å². The van der Waals surface area contributed by atoms with Gasteiger partial charge in [0.05, 0.1) is 29.9 Å². The van der Waals surface area contributed by atoms with E-state index in [1.54, 1.807) is 23.2 Å². The van der Waals surface area contributed by atoms with E-state index >= 15 is 0 Å². The van der Waals surface area contributed by atoms with E-state index in [0.717, 1.165) is 5.69 Å². The van der Waals surface area contributed by atoms with E-state index in [2.05, 4.69) is 11.1 Å². The highest BCUT2D eigenvalue weighted by Crippen LogP contribution is 2.13. The Balaban J connectivity index is 2.49. The van der Waals surface area contributed by atoms with Crippen LogP contribution < -0.4 is 0 Å². The molecule has 2 rings (SSSR count). The molecular weight excluding hydrogens is 190 g/mol. The highest BCUT2D eigenvalue weighted by Gasteiger charge is 2.04. The summed E-state index contributed by atoms with van der Waals surface area (Å²) in [5.41, 5.74) is 1.94. The van der Waals surface area contributed by atoms with Crippen LogP contribution >= 0.6 is 0 Å². The van der Waals surface area contributed by atoms with Crippen LogP contribution in [0, 0.1) is 11.3 Å². The third kappa shape index (κ3) is 1.73. The highest BCUT2D eigenvalue weighted by molar-refractivity contribution is 5.48. The zero-order valence-electron chi connectivity index (χ0n) is 7.96. The first-order chi connectivity index (χ1) is 7.35. The number of rotatable bonds is 2. The van der Waals surface area contributed by atoms with Gasteiger partial charge in [-0.05, 0) is 12.1 Å². The fourth-order valence-corrected chi connectivity index (χ4v) is 1.37. The van der Waals surface area contributed by atoms with Crippen LogP contribution in [-0.4, -0.2) is 14.7 Å². The van der Waals surface area contributed by atoms with E-state index in [1.165, 1.54) is 0 Å². The summed E-state index contributed by atoms with van der Waals surface area (Å²) in [6, 6.07) is 9.36. The lowest BCUT2D eigenvalue weighted by Gasteiger charge is -2.02. The van der Waals surface area contributed by atoms with Crippen molar-refractivity contribution in [1.29, 1.82) is 5.26 Å². The molecule has 0 aliphatic carbocycles. The van der Waals surface area contributed by atoms with E-state index in [1.807, 2.05) is 18.2 Å². The van der Waals surface area contributed by atoms with Gasteiger partial charge in [-0.1, -0.05) is 12.1 Å². The van der Waals surface area contributed by atoms with Crippen molar-refractivity contribution in [2.75, 3.05) is 0 Å². The van der Waals surface area contributed by atoms with E-state index in [9.17, 15) is 0 Å². The van der Waals surface area contributed by atoms with Gasteiger partial charge in [-0.2, -0.15) is 5.26 Å². The number of aromatic nitrogens is 2. The average molecular weight is 199 g/mol. The van der Waals surface area contributed by atoms with Gasteiger partial charge >= 0.3 is 0 Å². The predicted octanol–water partition coefficient (Wildman–Crippen LogP) is 1.24. The third-order valence-corrected chi connectivity index (χ3v) is 2.10. The van der Waals surface area contributed by atoms with E-state index in [4.69, 9.17) is 10.4 Å². The predicted molar refractivity (Wildman–Crippen MR) is 54.2 cm³/mol. The molecule has 0 fully saturated rings. The van der Waals surface area contributed by atoms with Crippen molar-refractivity contribution in [3.63, 3.8) is 0 Å². The lowest BCUT2D eigenvalue weighted by atomic mass is 10.2. The molecule has 0 spiro atoms. The number of nitriles is 1. The van der Waals surface area contributed by atoms with Crippen molar-refractivity contribution in [3.05, 3.63) is 48.0 Å². The van der Waals surface area contributed by atoms with Crippen LogP contribution in [0.25, 0.3) is 5.69 Å². The molecule has 0 saturated carbocycles. The Kier molecular flexibility index (Phi) is 2.48. The minimum Gasteiger partial charge on any atom is -0.390 e. The van der Waals surface area contributed by atoms with Gasteiger partial charge in [0.1, 0.15) is 6.07 Å². The Labute approximate surface area is 87.0 Å². The summed E-state index contributed by atoms with van der Waals surface area (Å²) in [5.74, 6) is 0. The van der Waals surface area contributed by atoms with Crippen molar-refractivity contribution >= 4 is 0 Å². The summed E-state index contributed by atoms with van der Waals surface area (Å²) in [6.07, 6.45) is 3.29. The van der Waals surface area contributed by atoms with Gasteiger partial charge in [0.15, 0.2) is 0 Å². The first kappa shape index (κ1) is 9.44. The monoisotopic (exact) mass is 199 g/mol. The lowest BCUT2D eigenvalue weighted by Crippen LogP contribution is -1.93. The number of imidazole rings is 1. The molecule has 4 heteroatoms. The van der Waals surface area contributed by atoms with Crippen LogP contribution in [0.15, 0.2) is 36.8 Å². The fourth-order valence-electron chi connectivity index (χ4n) is 1.37. The van der Waals surface area contributed by atoms with Crippen LogP contribution in [0.1, 0.15) is 11.3 Å². The van der Waals surface area contributed by atoms with Crippen molar-refractivity contribution in [1.82, 2.24) is 9.55 Å². The molecule has 1 N–H and O–H groups in total. The smallest absolute Gasteiger partial charge is 0.101 e. The van der Waals surface area contributed by atoms with Crippen LogP contribution in [0.5, 0.6) is 0 Å². The zero-order chi connectivity index (χ0) is 10.7. The second kappa shape index (κ2) is 3.95. The number of para-hydroxylation sites is 1. The molecule has 74 valence electrons. The Morgan fingerprint density at radius 3 is 2.87 bits per heavy atom. The Bertz CT molecular complexity index is 511. The first-order valence-electron chi connectivity index (χ1n) is 4.48. The summed E-state index contributed by atoms with van der Waals surface area (Å²) < 4.78 is 1.73. The average Bonchev–Trinajstić information content (AvgIpc) is 2.77. The minimum atomic E-state index is -0.0955. The Morgan fingerprint density at radius 2 is 2.20 bits per heavy atom. The SMILES string of the molecule is N#Cc1ccccc1-n1cnc(CO)c1. The molecule has 0 amide bonds. The summed E-state index contributed by atoms with van der Waals surface area (Å²) >= 11 is 0. The van der Waals surface area contributed by atoms with Crippen molar-refractivity contribution in [3.8, 4) is 11.8 Å². The van der Waals surface area contributed by atoms with Crippen molar-refractivity contribution in [2.45, 2.75) is 6.61 Å². The molecule has 0 atom stereocenters. The van der Waals surface area contributed by atoms with Crippen LogP contribution in [-0.2, 0) is 6.61 Å². The topological polar surface area (TPSA) is 61.8 Å². The lowest BCUT2D eigenvalue weighted by molar-refractivity contribution is 0.277. The van der Waals surface area contributed by atoms with Gasteiger partial charge < -0.3 is 9.67 Å². The minimum absolute atomic E-state index is 0.0955. The summed E-state index contributed by atoms with van der Waals surface area (Å²) in [4.78, 5) is 3.99. The molecule has 1 aromatic carbocycles. The maximum absolute atomic E-state index is 8.91. The third-order valence-electron chi connectivity index (χ3n) is 2.10. The van der Waals surface area contributed by atoms with E-state index in [0.29, 0.717) is 11.3 Å². The molecule has 0 radical (unpaired) electrons. The van der Waals surface area contributed by atoms with Gasteiger partial charge in [0, 0.05) is 6.20 Å². The standard InChI is InChI=1S/C11H9N3O/c12-5-9-3-1-2-4-11(9)14-6-10(7-15)13-8-14/h1-4,6,8,15H,7H2. The molecule has 0 aliphatic rings. The van der Waals surface area contributed by atoms with Crippen molar-refractivity contribution < 1.29 is 5.11 Å². The Hall–Kier alpha value is -2.12. The zero-order valence-corrected chi connectivity index (χ0v) is 7.96. The molecule has 0 bridgehead atoms. The van der Waals surface area contributed by atoms with Gasteiger partial charge in [0.2, 0.25) is 0 Å². The van der Waals surface area contributed by atoms with Crippen LogP contribution in [0.3, 0.4) is 0 Å². The molecule has 4 nitrogen and oxygen atoms in total. The van der Waals surface area contributed by atoms with Gasteiger partial charge in [-0.25, -0.2) is 4.98 Å². The molecule has 15 heavy (non-hydrogen) atoms. The molecule has 0 saturated heterocycles.